The largest absolute Gasteiger partial charge is 0.294 e. The Kier molecular flexibility index (Phi) is 4.31. The minimum atomic E-state index is 0.0254. The van der Waals surface area contributed by atoms with Crippen molar-refractivity contribution in [1.82, 2.24) is 0 Å². The van der Waals surface area contributed by atoms with Crippen molar-refractivity contribution >= 4 is 28.5 Å². The molecule has 5 rings (SSSR count). The molecule has 4 aliphatic rings. The Bertz CT molecular complexity index is 749. The van der Waals surface area contributed by atoms with Crippen molar-refractivity contribution in [1.29, 1.82) is 0 Å². The van der Waals surface area contributed by atoms with E-state index in [0.717, 1.165) is 27.9 Å². The van der Waals surface area contributed by atoms with E-state index >= 15 is 0 Å². The zero-order chi connectivity index (χ0) is 17.7. The second-order valence-electron chi connectivity index (χ2n) is 8.22. The number of ketones is 2. The molecular weight excluding hydrogens is 328 g/mol. The fraction of sp³-hybridized carbons (Fsp3) is 0.545. The summed E-state index contributed by atoms with van der Waals surface area (Å²) in [5, 5.41) is 2.03. The highest BCUT2D eigenvalue weighted by molar-refractivity contribution is 7.11. The average Bonchev–Trinajstić information content (AvgIpc) is 3.06. The predicted octanol–water partition coefficient (Wildman–Crippen LogP) is 5.45. The van der Waals surface area contributed by atoms with Gasteiger partial charge in [0.25, 0.3) is 0 Å². The molecule has 4 bridgehead atoms. The number of rotatable bonds is 4. The normalized spacial score (nSPS) is 31.1. The molecule has 4 aliphatic carbocycles. The summed E-state index contributed by atoms with van der Waals surface area (Å²) in [5.74, 6) is 2.85. The highest BCUT2D eigenvalue weighted by Crippen LogP contribution is 2.57. The maximum Gasteiger partial charge on any atom is 0.160 e. The lowest BCUT2D eigenvalue weighted by Crippen LogP contribution is -2.41. The van der Waals surface area contributed by atoms with E-state index in [2.05, 4.69) is 0 Å². The number of carbonyl (C=O) groups excluding carboxylic acids is 2. The van der Waals surface area contributed by atoms with Crippen molar-refractivity contribution < 1.29 is 9.59 Å². The molecule has 0 unspecified atom stereocenters. The Morgan fingerprint density at radius 2 is 1.52 bits per heavy atom. The predicted molar refractivity (Wildman–Crippen MR) is 102 cm³/mol. The Balaban J connectivity index is 1.90. The Morgan fingerprint density at radius 1 is 0.920 bits per heavy atom. The van der Waals surface area contributed by atoms with Crippen LogP contribution in [0.25, 0.3) is 5.57 Å². The maximum atomic E-state index is 12.7. The number of Topliss-reactive ketones (excluding diaryl/α,β-unsaturated/α-hetero) is 2. The number of allylic oxidation sites excluding steroid dienone is 4. The minimum absolute atomic E-state index is 0.0254. The summed E-state index contributed by atoms with van der Waals surface area (Å²) in [6, 6.07) is 4.05. The Hall–Kier alpha value is -1.48. The SMILES string of the molecule is CC(=O)C(=C1C2CC3CC(C2)CC1C3)/C(C(C)=O)=C(/C)c1cccs1. The second kappa shape index (κ2) is 6.35. The van der Waals surface area contributed by atoms with Crippen LogP contribution in [-0.4, -0.2) is 11.6 Å². The highest BCUT2D eigenvalue weighted by Gasteiger charge is 2.47. The molecule has 1 aromatic rings. The first-order chi connectivity index (χ1) is 12.0. The molecule has 0 aliphatic heterocycles. The van der Waals surface area contributed by atoms with Gasteiger partial charge in [-0.05, 0) is 93.6 Å². The summed E-state index contributed by atoms with van der Waals surface area (Å²) in [4.78, 5) is 26.5. The third-order valence-electron chi connectivity index (χ3n) is 6.53. The molecule has 25 heavy (non-hydrogen) atoms. The molecule has 4 fully saturated rings. The third-order valence-corrected chi connectivity index (χ3v) is 7.52. The molecule has 0 atom stereocenters. The van der Waals surface area contributed by atoms with Crippen LogP contribution >= 0.6 is 11.3 Å². The topological polar surface area (TPSA) is 34.1 Å². The Labute approximate surface area is 154 Å². The first kappa shape index (κ1) is 17.0. The minimum Gasteiger partial charge on any atom is -0.294 e. The number of carbonyl (C=O) groups is 2. The maximum absolute atomic E-state index is 12.7. The summed E-state index contributed by atoms with van der Waals surface area (Å²) in [6.45, 7) is 5.27. The molecule has 0 radical (unpaired) electrons. The molecule has 4 saturated carbocycles. The van der Waals surface area contributed by atoms with Gasteiger partial charge in [0, 0.05) is 16.0 Å². The van der Waals surface area contributed by atoms with Gasteiger partial charge in [0.2, 0.25) is 0 Å². The van der Waals surface area contributed by atoms with Crippen molar-refractivity contribution in [3.8, 4) is 0 Å². The van der Waals surface area contributed by atoms with Gasteiger partial charge in [-0.1, -0.05) is 11.6 Å². The molecule has 1 aromatic heterocycles. The first-order valence-electron chi connectivity index (χ1n) is 9.46. The molecule has 0 amide bonds. The van der Waals surface area contributed by atoms with Crippen molar-refractivity contribution in [3.05, 3.63) is 39.1 Å². The van der Waals surface area contributed by atoms with Gasteiger partial charge in [0.15, 0.2) is 11.6 Å². The van der Waals surface area contributed by atoms with Crippen molar-refractivity contribution in [2.45, 2.75) is 52.9 Å². The lowest BCUT2D eigenvalue weighted by Gasteiger charge is -2.52. The average molecular weight is 355 g/mol. The molecule has 3 heteroatoms. The third kappa shape index (κ3) is 2.87. The summed E-state index contributed by atoms with van der Waals surface area (Å²) in [5.41, 5.74) is 3.75. The highest BCUT2D eigenvalue weighted by atomic mass is 32.1. The van der Waals surface area contributed by atoms with Crippen LogP contribution in [0.2, 0.25) is 0 Å². The van der Waals surface area contributed by atoms with Gasteiger partial charge >= 0.3 is 0 Å². The van der Waals surface area contributed by atoms with Crippen LogP contribution in [0.4, 0.5) is 0 Å². The van der Waals surface area contributed by atoms with Gasteiger partial charge in [-0.2, -0.15) is 0 Å². The van der Waals surface area contributed by atoms with Crippen LogP contribution < -0.4 is 0 Å². The first-order valence-corrected chi connectivity index (χ1v) is 10.3. The fourth-order valence-electron chi connectivity index (χ4n) is 5.87. The van der Waals surface area contributed by atoms with Gasteiger partial charge in [-0.25, -0.2) is 0 Å². The fourth-order valence-corrected chi connectivity index (χ4v) is 6.61. The zero-order valence-electron chi connectivity index (χ0n) is 15.3. The summed E-state index contributed by atoms with van der Waals surface area (Å²) >= 11 is 1.64. The van der Waals surface area contributed by atoms with E-state index < -0.39 is 0 Å². The van der Waals surface area contributed by atoms with E-state index in [1.54, 1.807) is 25.2 Å². The molecule has 132 valence electrons. The summed E-state index contributed by atoms with van der Waals surface area (Å²) in [7, 11) is 0. The molecule has 0 N–H and O–H groups in total. The number of hydrogen-bond donors (Lipinski definition) is 0. The van der Waals surface area contributed by atoms with Gasteiger partial charge in [-0.3, -0.25) is 9.59 Å². The van der Waals surface area contributed by atoms with Crippen LogP contribution in [0.1, 0.15) is 57.8 Å². The lowest BCUT2D eigenvalue weighted by atomic mass is 9.53. The van der Waals surface area contributed by atoms with Crippen molar-refractivity contribution in [2.24, 2.45) is 23.7 Å². The smallest absolute Gasteiger partial charge is 0.160 e. The second-order valence-corrected chi connectivity index (χ2v) is 9.17. The lowest BCUT2D eigenvalue weighted by molar-refractivity contribution is -0.116. The zero-order valence-corrected chi connectivity index (χ0v) is 16.1. The molecule has 0 saturated heterocycles. The van der Waals surface area contributed by atoms with Gasteiger partial charge < -0.3 is 0 Å². The quantitative estimate of drug-likeness (QED) is 0.674. The van der Waals surface area contributed by atoms with E-state index in [0.29, 0.717) is 17.4 Å². The standard InChI is InChI=1S/C22H26O2S/c1-12(19-5-4-6-25-19)20(13(2)23)21(14(3)24)22-17-8-15-7-16(10-17)11-18(22)9-15/h4-6,15-18H,7-11H2,1-3H3/b20-12-,22-21?. The van der Waals surface area contributed by atoms with Crippen molar-refractivity contribution in [2.75, 3.05) is 0 Å². The van der Waals surface area contributed by atoms with E-state index in [-0.39, 0.29) is 11.6 Å². The molecule has 0 spiro atoms. The summed E-state index contributed by atoms with van der Waals surface area (Å²) in [6.07, 6.45) is 6.29. The van der Waals surface area contributed by atoms with E-state index in [4.69, 9.17) is 0 Å². The van der Waals surface area contributed by atoms with E-state index in [1.807, 2.05) is 24.4 Å². The van der Waals surface area contributed by atoms with Crippen LogP contribution in [-0.2, 0) is 9.59 Å². The van der Waals surface area contributed by atoms with Crippen LogP contribution in [0, 0.1) is 23.7 Å². The van der Waals surface area contributed by atoms with E-state index in [1.165, 1.54) is 37.7 Å². The molecule has 0 aromatic carbocycles. The van der Waals surface area contributed by atoms with Gasteiger partial charge in [-0.15, -0.1) is 11.3 Å². The van der Waals surface area contributed by atoms with Crippen LogP contribution in [0.5, 0.6) is 0 Å². The Morgan fingerprint density at radius 3 is 1.96 bits per heavy atom. The molecular formula is C22H26O2S. The number of hydrogen-bond acceptors (Lipinski definition) is 3. The van der Waals surface area contributed by atoms with E-state index in [9.17, 15) is 9.59 Å². The van der Waals surface area contributed by atoms with Gasteiger partial charge in [0.1, 0.15) is 0 Å². The van der Waals surface area contributed by atoms with Crippen LogP contribution in [0.15, 0.2) is 34.2 Å². The monoisotopic (exact) mass is 354 g/mol. The molecule has 2 nitrogen and oxygen atoms in total. The molecule has 1 heterocycles. The summed E-state index contributed by atoms with van der Waals surface area (Å²) < 4.78 is 0. The number of thiophene rings is 1. The van der Waals surface area contributed by atoms with Crippen molar-refractivity contribution in [3.63, 3.8) is 0 Å². The van der Waals surface area contributed by atoms with Gasteiger partial charge in [0.05, 0.1) is 0 Å². The van der Waals surface area contributed by atoms with Crippen LogP contribution in [0.3, 0.4) is 0 Å².